The Balaban J connectivity index is 1.30. The third kappa shape index (κ3) is 9.62. The van der Waals surface area contributed by atoms with Gasteiger partial charge in [0.1, 0.15) is 0 Å². The molecule has 6 aromatic rings. The number of rotatable bonds is 13. The van der Waals surface area contributed by atoms with Gasteiger partial charge in [-0.3, -0.25) is 4.99 Å². The maximum atomic E-state index is 5.19. The summed E-state index contributed by atoms with van der Waals surface area (Å²) in [4.78, 5) is 16.8. The van der Waals surface area contributed by atoms with E-state index in [4.69, 9.17) is 9.98 Å². The fourth-order valence-corrected chi connectivity index (χ4v) is 7.96. The number of nitrogens with zero attached hydrogens (tertiary/aromatic N) is 4. The molecule has 62 heavy (non-hydrogen) atoms. The molecule has 0 amide bonds. The molecule has 0 atom stereocenters. The summed E-state index contributed by atoms with van der Waals surface area (Å²) in [6.07, 6.45) is 18.2. The summed E-state index contributed by atoms with van der Waals surface area (Å²) in [5, 5.41) is 0. The first-order valence-corrected chi connectivity index (χ1v) is 21.2. The molecule has 0 aliphatic heterocycles. The summed E-state index contributed by atoms with van der Waals surface area (Å²) in [6, 6.07) is 47.3. The van der Waals surface area contributed by atoms with E-state index in [2.05, 4.69) is 178 Å². The van der Waals surface area contributed by atoms with E-state index in [1.807, 2.05) is 61.6 Å². The van der Waals surface area contributed by atoms with Crippen LogP contribution in [0.25, 0.3) is 33.9 Å². The molecule has 0 aromatic heterocycles. The summed E-state index contributed by atoms with van der Waals surface area (Å²) in [7, 11) is 0. The molecule has 4 heteroatoms. The average Bonchev–Trinajstić information content (AvgIpc) is 3.31. The number of hydrogen-bond acceptors (Lipinski definition) is 2. The molecule has 0 saturated heterocycles. The molecule has 4 nitrogen and oxygen atoms in total. The van der Waals surface area contributed by atoms with Gasteiger partial charge in [0.2, 0.25) is 0 Å². The predicted octanol–water partition coefficient (Wildman–Crippen LogP) is 15.5. The van der Waals surface area contributed by atoms with Crippen molar-refractivity contribution in [3.05, 3.63) is 234 Å². The maximum Gasteiger partial charge on any atom is 0.160 e. The second-order valence-corrected chi connectivity index (χ2v) is 15.4. The standard InChI is InChI=1S/C58H54N4/c1-8-11-22-44(9-2)46-33-36-51(37-34-46)62(53-35-32-41(4)45(10-3)38-53)52-29-19-27-49(39-52)55-31-18-21-42(5)56(55)54-30-20-28-50(43(54)6)40-60-58(48-25-16-13-17-26-48)61-57(59-7)47-23-14-12-15-24-47/h8-16,18-25,27-39H,2-3,7,17,26,40H2,1,4-6H3/b11-8-,44-22+,60-58?,61-57?. The van der Waals surface area contributed by atoms with Crippen LogP contribution in [0.2, 0.25) is 0 Å². The first-order chi connectivity index (χ1) is 30.3. The van der Waals surface area contributed by atoms with Crippen LogP contribution in [-0.2, 0) is 6.54 Å². The highest BCUT2D eigenvalue weighted by molar-refractivity contribution is 6.12. The quantitative estimate of drug-likeness (QED) is 0.0651. The second-order valence-electron chi connectivity index (χ2n) is 15.4. The zero-order valence-corrected chi connectivity index (χ0v) is 36.4. The molecule has 1 aliphatic rings. The molecule has 1 aliphatic carbocycles. The van der Waals surface area contributed by atoms with Gasteiger partial charge in [-0.25, -0.2) is 9.98 Å². The molecule has 0 saturated carbocycles. The van der Waals surface area contributed by atoms with Crippen molar-refractivity contribution in [3.8, 4) is 22.3 Å². The van der Waals surface area contributed by atoms with E-state index in [1.165, 1.54) is 33.4 Å². The second kappa shape index (κ2) is 20.2. The highest BCUT2D eigenvalue weighted by Crippen LogP contribution is 2.42. The first kappa shape index (κ1) is 42.7. The van der Waals surface area contributed by atoms with Gasteiger partial charge in [0.05, 0.1) is 6.54 Å². The summed E-state index contributed by atoms with van der Waals surface area (Å²) in [6.45, 7) is 21.1. The third-order valence-electron chi connectivity index (χ3n) is 11.4. The van der Waals surface area contributed by atoms with Gasteiger partial charge >= 0.3 is 0 Å². The Morgan fingerprint density at radius 1 is 0.710 bits per heavy atom. The number of allylic oxidation sites excluding steroid dienone is 8. The lowest BCUT2D eigenvalue weighted by Crippen LogP contribution is -2.10. The number of aryl methyl sites for hydroxylation is 2. The van der Waals surface area contributed by atoms with Gasteiger partial charge in [-0.05, 0) is 150 Å². The molecule has 0 N–H and O–H groups in total. The molecular weight excluding hydrogens is 753 g/mol. The lowest BCUT2D eigenvalue weighted by atomic mass is 9.87. The number of benzene rings is 6. The number of hydrogen-bond donors (Lipinski definition) is 0. The summed E-state index contributed by atoms with van der Waals surface area (Å²) >= 11 is 0. The number of aliphatic imine (C=N–C) groups is 3. The molecule has 0 spiro atoms. The van der Waals surface area contributed by atoms with E-state index in [0.29, 0.717) is 18.2 Å². The van der Waals surface area contributed by atoms with E-state index < -0.39 is 0 Å². The monoisotopic (exact) mass is 806 g/mol. The highest BCUT2D eigenvalue weighted by atomic mass is 15.1. The Kier molecular flexibility index (Phi) is 13.9. The first-order valence-electron chi connectivity index (χ1n) is 21.2. The van der Waals surface area contributed by atoms with E-state index in [1.54, 1.807) is 0 Å². The highest BCUT2D eigenvalue weighted by Gasteiger charge is 2.19. The minimum Gasteiger partial charge on any atom is -0.310 e. The lowest BCUT2D eigenvalue weighted by molar-refractivity contribution is 0.980. The smallest absolute Gasteiger partial charge is 0.160 e. The van der Waals surface area contributed by atoms with Gasteiger partial charge in [0.25, 0.3) is 0 Å². The van der Waals surface area contributed by atoms with Crippen molar-refractivity contribution in [2.24, 2.45) is 15.0 Å². The number of amidine groups is 2. The largest absolute Gasteiger partial charge is 0.310 e. The topological polar surface area (TPSA) is 40.3 Å². The van der Waals surface area contributed by atoms with Crippen LogP contribution in [0.5, 0.6) is 0 Å². The van der Waals surface area contributed by atoms with Crippen LogP contribution in [0.1, 0.15) is 58.7 Å². The van der Waals surface area contributed by atoms with Crippen LogP contribution in [0.4, 0.5) is 17.1 Å². The van der Waals surface area contributed by atoms with Gasteiger partial charge in [-0.1, -0.05) is 159 Å². The van der Waals surface area contributed by atoms with Gasteiger partial charge in [0.15, 0.2) is 11.7 Å². The Hall–Kier alpha value is -7.43. The van der Waals surface area contributed by atoms with Crippen LogP contribution in [0.3, 0.4) is 0 Å². The number of anilines is 3. The third-order valence-corrected chi connectivity index (χ3v) is 11.4. The fraction of sp³-hybridized carbons (Fsp3) is 0.121. The molecule has 0 unspecified atom stereocenters. The molecule has 6 aromatic carbocycles. The Morgan fingerprint density at radius 3 is 2.18 bits per heavy atom. The van der Waals surface area contributed by atoms with Crippen molar-refractivity contribution >= 4 is 47.1 Å². The molecule has 0 heterocycles. The molecule has 0 bridgehead atoms. The van der Waals surface area contributed by atoms with Crippen LogP contribution in [0.15, 0.2) is 210 Å². The molecule has 306 valence electrons. The molecular formula is C58H54N4. The minimum absolute atomic E-state index is 0.478. The molecule has 0 radical (unpaired) electrons. The zero-order chi connectivity index (χ0) is 43.4. The predicted molar refractivity (Wildman–Crippen MR) is 269 cm³/mol. The van der Waals surface area contributed by atoms with E-state index in [9.17, 15) is 0 Å². The van der Waals surface area contributed by atoms with Crippen molar-refractivity contribution < 1.29 is 0 Å². The van der Waals surface area contributed by atoms with Crippen molar-refractivity contribution in [1.82, 2.24) is 0 Å². The van der Waals surface area contributed by atoms with Crippen molar-refractivity contribution in [1.29, 1.82) is 0 Å². The van der Waals surface area contributed by atoms with Crippen molar-refractivity contribution in [3.63, 3.8) is 0 Å². The summed E-state index contributed by atoms with van der Waals surface area (Å²) in [5.74, 6) is 1.26. The van der Waals surface area contributed by atoms with Crippen LogP contribution in [-0.4, -0.2) is 18.4 Å². The Labute approximate surface area is 368 Å². The minimum atomic E-state index is 0.478. The fourth-order valence-electron chi connectivity index (χ4n) is 7.96. The van der Waals surface area contributed by atoms with E-state index in [0.717, 1.165) is 68.9 Å². The SMILES string of the molecule is C=C/C(=C\C=C/C)c1ccc(N(c2cccc(-c3cccc(C)c3-c3cccc(CN=C(N=C(N=C)c4ccccc4)C4=CC=CCC4)c3C)c2)c2ccc(C)c(C=C)c2)cc1. The average molecular weight is 807 g/mol. The van der Waals surface area contributed by atoms with Gasteiger partial charge in [0, 0.05) is 22.6 Å². The van der Waals surface area contributed by atoms with E-state index in [-0.39, 0.29) is 0 Å². The molecule has 7 rings (SSSR count). The van der Waals surface area contributed by atoms with E-state index >= 15 is 0 Å². The van der Waals surface area contributed by atoms with Gasteiger partial charge < -0.3 is 4.90 Å². The van der Waals surface area contributed by atoms with Crippen molar-refractivity contribution in [2.75, 3.05) is 4.90 Å². The van der Waals surface area contributed by atoms with Crippen LogP contribution < -0.4 is 4.90 Å². The zero-order valence-electron chi connectivity index (χ0n) is 36.4. The van der Waals surface area contributed by atoms with Gasteiger partial charge in [-0.2, -0.15) is 0 Å². The van der Waals surface area contributed by atoms with Crippen LogP contribution >= 0.6 is 0 Å². The Bertz CT molecular complexity index is 2790. The van der Waals surface area contributed by atoms with Gasteiger partial charge in [-0.15, -0.1) is 0 Å². The lowest BCUT2D eigenvalue weighted by Gasteiger charge is -2.27. The maximum absolute atomic E-state index is 5.19. The van der Waals surface area contributed by atoms with Crippen molar-refractivity contribution in [2.45, 2.75) is 47.1 Å². The normalized spacial score (nSPS) is 13.2. The molecule has 0 fully saturated rings. The summed E-state index contributed by atoms with van der Waals surface area (Å²) < 4.78 is 0. The van der Waals surface area contributed by atoms with Crippen LogP contribution in [0, 0.1) is 20.8 Å². The Morgan fingerprint density at radius 2 is 1.45 bits per heavy atom. The summed E-state index contributed by atoms with van der Waals surface area (Å²) in [5.41, 5.74) is 17.9.